The van der Waals surface area contributed by atoms with Crippen LogP contribution < -0.4 is 20.1 Å². The average molecular weight is 558 g/mol. The van der Waals surface area contributed by atoms with Gasteiger partial charge in [0.1, 0.15) is 29.7 Å². The molecule has 0 aromatic heterocycles. The standard InChI is InChI=1S/C32H29ClFN3O3/c1-18-13-20(17-40-23-10-8-22(39-3)9-11-23)19(2)24(14-18)30-25(16-35)32(36)37(21-7-12-27(34)26(33)15-21)28-5-4-6-29(38)31(28)30/h7-15,30H,4-6,17,36H2,1-3H3. The molecule has 0 amide bonds. The summed E-state index contributed by atoms with van der Waals surface area (Å²) in [5, 5.41) is 10.3. The predicted octanol–water partition coefficient (Wildman–Crippen LogP) is 6.99. The summed E-state index contributed by atoms with van der Waals surface area (Å²) in [5.74, 6) is 0.438. The van der Waals surface area contributed by atoms with Crippen molar-refractivity contribution in [1.29, 1.82) is 5.26 Å². The highest BCUT2D eigenvalue weighted by Gasteiger charge is 2.41. The summed E-state index contributed by atoms with van der Waals surface area (Å²) in [6.45, 7) is 4.26. The lowest BCUT2D eigenvalue weighted by molar-refractivity contribution is -0.116. The maximum atomic E-state index is 14.0. The molecule has 0 saturated carbocycles. The zero-order chi connectivity index (χ0) is 28.6. The SMILES string of the molecule is COc1ccc(OCc2cc(C)cc(C3C(C#N)=C(N)N(c4ccc(F)c(Cl)c4)C4=C3C(=O)CCC4)c2C)cc1. The maximum absolute atomic E-state index is 14.0. The third kappa shape index (κ3) is 4.91. The van der Waals surface area contributed by atoms with Crippen molar-refractivity contribution in [1.82, 2.24) is 0 Å². The molecule has 40 heavy (non-hydrogen) atoms. The molecule has 2 N–H and O–H groups in total. The molecule has 204 valence electrons. The number of nitrogens with zero attached hydrogens (tertiary/aromatic N) is 2. The number of carbonyl (C=O) groups is 1. The molecule has 0 fully saturated rings. The number of Topliss-reactive ketones (excluding diaryl/α,β-unsaturated/α-hetero) is 1. The van der Waals surface area contributed by atoms with Crippen LogP contribution in [0.15, 0.2) is 77.3 Å². The predicted molar refractivity (Wildman–Crippen MR) is 153 cm³/mol. The van der Waals surface area contributed by atoms with Crippen molar-refractivity contribution in [3.8, 4) is 17.6 Å². The number of nitrogens with two attached hydrogens (primary N) is 1. The van der Waals surface area contributed by atoms with Crippen LogP contribution in [0.25, 0.3) is 0 Å². The minimum absolute atomic E-state index is 0.0263. The highest BCUT2D eigenvalue weighted by Crippen LogP contribution is 2.47. The Labute approximate surface area is 238 Å². The number of carbonyl (C=O) groups excluding carboxylic acids is 1. The van der Waals surface area contributed by atoms with Gasteiger partial charge < -0.3 is 15.2 Å². The highest BCUT2D eigenvalue weighted by atomic mass is 35.5. The monoisotopic (exact) mass is 557 g/mol. The van der Waals surface area contributed by atoms with Crippen molar-refractivity contribution in [2.24, 2.45) is 5.73 Å². The van der Waals surface area contributed by atoms with Crippen molar-refractivity contribution in [2.45, 2.75) is 45.6 Å². The molecule has 1 aliphatic heterocycles. The Balaban J connectivity index is 1.61. The molecule has 0 saturated heterocycles. The third-order valence-electron chi connectivity index (χ3n) is 7.54. The lowest BCUT2D eigenvalue weighted by Crippen LogP contribution is -2.39. The fourth-order valence-corrected chi connectivity index (χ4v) is 5.74. The van der Waals surface area contributed by atoms with E-state index in [4.69, 9.17) is 26.8 Å². The lowest BCUT2D eigenvalue weighted by Gasteiger charge is -2.40. The number of rotatable bonds is 6. The number of hydrogen-bond acceptors (Lipinski definition) is 6. The molecule has 6 nitrogen and oxygen atoms in total. The maximum Gasteiger partial charge on any atom is 0.161 e. The van der Waals surface area contributed by atoms with E-state index < -0.39 is 11.7 Å². The van der Waals surface area contributed by atoms with Gasteiger partial charge in [-0.2, -0.15) is 5.26 Å². The van der Waals surface area contributed by atoms with Crippen LogP contribution in [0.2, 0.25) is 5.02 Å². The number of hydrogen-bond donors (Lipinski definition) is 1. The normalized spacial score (nSPS) is 17.1. The van der Waals surface area contributed by atoms with E-state index in [1.807, 2.05) is 44.2 Å². The van der Waals surface area contributed by atoms with Crippen LogP contribution in [0.5, 0.6) is 11.5 Å². The Hall–Kier alpha value is -4.28. The first-order chi connectivity index (χ1) is 19.2. The van der Waals surface area contributed by atoms with Gasteiger partial charge in [-0.1, -0.05) is 29.3 Å². The molecule has 1 heterocycles. The molecule has 1 aliphatic carbocycles. The molecule has 5 rings (SSSR count). The van der Waals surface area contributed by atoms with E-state index in [0.29, 0.717) is 42.9 Å². The van der Waals surface area contributed by atoms with E-state index in [0.717, 1.165) is 33.7 Å². The summed E-state index contributed by atoms with van der Waals surface area (Å²) >= 11 is 6.10. The Morgan fingerprint density at radius 2 is 1.82 bits per heavy atom. The van der Waals surface area contributed by atoms with Gasteiger partial charge in [0.05, 0.1) is 29.7 Å². The highest BCUT2D eigenvalue weighted by molar-refractivity contribution is 6.31. The second-order valence-electron chi connectivity index (χ2n) is 10.0. The minimum Gasteiger partial charge on any atom is -0.497 e. The topological polar surface area (TPSA) is 88.6 Å². The van der Waals surface area contributed by atoms with Crippen LogP contribution >= 0.6 is 11.6 Å². The second-order valence-corrected chi connectivity index (χ2v) is 10.4. The van der Waals surface area contributed by atoms with E-state index in [1.165, 1.54) is 12.1 Å². The fraction of sp³-hybridized carbons (Fsp3) is 0.250. The summed E-state index contributed by atoms with van der Waals surface area (Å²) in [6.07, 6.45) is 1.62. The lowest BCUT2D eigenvalue weighted by atomic mass is 9.73. The first-order valence-corrected chi connectivity index (χ1v) is 13.4. The molecule has 1 atom stereocenters. The van der Waals surface area contributed by atoms with E-state index in [2.05, 4.69) is 12.1 Å². The first kappa shape index (κ1) is 27.3. The Bertz CT molecular complexity index is 1600. The molecule has 0 radical (unpaired) electrons. The van der Waals surface area contributed by atoms with Crippen LogP contribution in [0.4, 0.5) is 10.1 Å². The summed E-state index contributed by atoms with van der Waals surface area (Å²) in [5.41, 5.74) is 12.4. The van der Waals surface area contributed by atoms with Gasteiger partial charge in [-0.05, 0) is 85.8 Å². The summed E-state index contributed by atoms with van der Waals surface area (Å²) in [6, 6.07) is 18.0. The average Bonchev–Trinajstić information content (AvgIpc) is 2.95. The summed E-state index contributed by atoms with van der Waals surface area (Å²) in [4.78, 5) is 15.2. The quantitative estimate of drug-likeness (QED) is 0.351. The van der Waals surface area contributed by atoms with Gasteiger partial charge in [-0.25, -0.2) is 4.39 Å². The number of halogens is 2. The molecular weight excluding hydrogens is 529 g/mol. The van der Waals surface area contributed by atoms with Crippen LogP contribution in [0, 0.1) is 31.0 Å². The van der Waals surface area contributed by atoms with E-state index in [9.17, 15) is 14.4 Å². The number of allylic oxidation sites excluding steroid dienone is 3. The summed E-state index contributed by atoms with van der Waals surface area (Å²) < 4.78 is 25.3. The number of methoxy groups -OCH3 is 1. The van der Waals surface area contributed by atoms with Crippen LogP contribution in [0.3, 0.4) is 0 Å². The number of ketones is 1. The number of anilines is 1. The van der Waals surface area contributed by atoms with Gasteiger partial charge in [-0.15, -0.1) is 0 Å². The Morgan fingerprint density at radius 1 is 1.10 bits per heavy atom. The van der Waals surface area contributed by atoms with E-state index in [-0.39, 0.29) is 22.2 Å². The van der Waals surface area contributed by atoms with Crippen molar-refractivity contribution >= 4 is 23.1 Å². The van der Waals surface area contributed by atoms with Gasteiger partial charge in [0.2, 0.25) is 0 Å². The largest absolute Gasteiger partial charge is 0.497 e. The third-order valence-corrected chi connectivity index (χ3v) is 7.83. The molecule has 2 aliphatic rings. The van der Waals surface area contributed by atoms with Gasteiger partial charge in [-0.3, -0.25) is 9.69 Å². The van der Waals surface area contributed by atoms with Crippen molar-refractivity contribution in [3.63, 3.8) is 0 Å². The zero-order valence-corrected chi connectivity index (χ0v) is 23.3. The first-order valence-electron chi connectivity index (χ1n) is 13.0. The van der Waals surface area contributed by atoms with Crippen LogP contribution in [0.1, 0.15) is 47.4 Å². The van der Waals surface area contributed by atoms with Crippen molar-refractivity contribution in [2.75, 3.05) is 12.0 Å². The Kier molecular flexibility index (Phi) is 7.55. The van der Waals surface area contributed by atoms with Gasteiger partial charge in [0.25, 0.3) is 0 Å². The number of aryl methyl sites for hydroxylation is 1. The Morgan fingerprint density at radius 3 is 2.50 bits per heavy atom. The molecule has 1 unspecified atom stereocenters. The zero-order valence-electron chi connectivity index (χ0n) is 22.6. The molecule has 3 aromatic rings. The smallest absolute Gasteiger partial charge is 0.161 e. The molecule has 3 aromatic carbocycles. The number of benzene rings is 3. The van der Waals surface area contributed by atoms with E-state index >= 15 is 0 Å². The van der Waals surface area contributed by atoms with Gasteiger partial charge in [0, 0.05) is 23.4 Å². The van der Waals surface area contributed by atoms with Crippen LogP contribution in [-0.2, 0) is 11.4 Å². The second kappa shape index (κ2) is 11.1. The number of nitriles is 1. The molecular formula is C32H29ClFN3O3. The van der Waals surface area contributed by atoms with E-state index in [1.54, 1.807) is 18.1 Å². The van der Waals surface area contributed by atoms with Crippen LogP contribution in [-0.4, -0.2) is 12.9 Å². The number of ether oxygens (including phenoxy) is 2. The molecule has 0 bridgehead atoms. The van der Waals surface area contributed by atoms with Gasteiger partial charge in [0.15, 0.2) is 5.78 Å². The van der Waals surface area contributed by atoms with Crippen molar-refractivity contribution < 1.29 is 18.7 Å². The summed E-state index contributed by atoms with van der Waals surface area (Å²) in [7, 11) is 1.61. The molecule has 0 spiro atoms. The molecule has 8 heteroatoms. The van der Waals surface area contributed by atoms with Gasteiger partial charge >= 0.3 is 0 Å². The van der Waals surface area contributed by atoms with Crippen molar-refractivity contribution in [3.05, 3.63) is 110 Å². The fourth-order valence-electron chi connectivity index (χ4n) is 5.56. The minimum atomic E-state index is -0.625.